The van der Waals surface area contributed by atoms with Gasteiger partial charge in [0.15, 0.2) is 17.7 Å². The number of aryl methyl sites for hydroxylation is 2. The summed E-state index contributed by atoms with van der Waals surface area (Å²) < 4.78 is 62.7. The van der Waals surface area contributed by atoms with E-state index in [4.69, 9.17) is 19.5 Å². The molecule has 11 N–H and O–H groups in total. The highest BCUT2D eigenvalue weighted by molar-refractivity contribution is 7.61. The number of aliphatic hydroxyl groups is 2. The largest absolute Gasteiger partial charge is 0.481 e. The minimum absolute atomic E-state index is 0.0274. The van der Waals surface area contributed by atoms with Crippen LogP contribution < -0.4 is 16.4 Å². The molecule has 426 valence electrons. The summed E-state index contributed by atoms with van der Waals surface area (Å²) in [5.74, 6) is -2.12. The number of rotatable bonds is 35. The van der Waals surface area contributed by atoms with Gasteiger partial charge < -0.3 is 56.0 Å². The fourth-order valence-corrected chi connectivity index (χ4v) is 11.7. The third-order valence-electron chi connectivity index (χ3n) is 13.7. The molecule has 2 fully saturated rings. The minimum Gasteiger partial charge on any atom is -0.481 e. The average Bonchev–Trinajstić information content (AvgIpc) is 3.92. The Morgan fingerprint density at radius 2 is 1.46 bits per heavy atom. The summed E-state index contributed by atoms with van der Waals surface area (Å²) in [4.78, 5) is 101. The van der Waals surface area contributed by atoms with Crippen molar-refractivity contribution < 1.29 is 90.4 Å². The van der Waals surface area contributed by atoms with E-state index in [0.29, 0.717) is 6.42 Å². The van der Waals surface area contributed by atoms with E-state index in [-0.39, 0.29) is 54.1 Å². The molecule has 0 radical (unpaired) electrons. The number of carbonyl (C=O) groups excluding carboxylic acids is 3. The van der Waals surface area contributed by atoms with Crippen LogP contribution in [0.2, 0.25) is 0 Å². The van der Waals surface area contributed by atoms with E-state index in [9.17, 15) is 67.8 Å². The van der Waals surface area contributed by atoms with Crippen LogP contribution in [-0.4, -0.2) is 129 Å². The van der Waals surface area contributed by atoms with Gasteiger partial charge in [-0.25, -0.2) is 28.6 Å². The second kappa shape index (κ2) is 27.2. The number of amides is 2. The van der Waals surface area contributed by atoms with Gasteiger partial charge in [-0.2, -0.15) is 4.31 Å². The number of anilines is 1. The Bertz CT molecular complexity index is 2610. The molecule has 1 aliphatic carbocycles. The molecule has 76 heavy (non-hydrogen) atoms. The highest BCUT2D eigenvalue weighted by Gasteiger charge is 2.51. The van der Waals surface area contributed by atoms with Crippen molar-refractivity contribution in [1.29, 1.82) is 0 Å². The summed E-state index contributed by atoms with van der Waals surface area (Å²) in [5, 5.41) is 36.1. The van der Waals surface area contributed by atoms with Crippen LogP contribution in [0.5, 0.6) is 0 Å². The molecule has 7 atom stereocenters. The van der Waals surface area contributed by atoms with E-state index in [0.717, 1.165) is 101 Å². The molecule has 1 aliphatic heterocycles. The van der Waals surface area contributed by atoms with E-state index in [1.54, 1.807) is 13.8 Å². The van der Waals surface area contributed by atoms with Crippen molar-refractivity contribution in [2.24, 2.45) is 16.2 Å². The monoisotopic (exact) mass is 1130 g/mol. The molecule has 1 saturated carbocycles. The number of hydrogen-bond acceptors (Lipinski definition) is 18. The first-order chi connectivity index (χ1) is 35.6. The first-order valence-corrected chi connectivity index (χ1v) is 29.8. The Balaban J connectivity index is 0.946. The zero-order chi connectivity index (χ0) is 56.1. The van der Waals surface area contributed by atoms with Crippen LogP contribution in [0.15, 0.2) is 36.9 Å². The number of nitrogens with zero attached hydrogens (tertiary/aromatic N) is 4. The molecule has 0 spiro atoms. The Morgan fingerprint density at radius 3 is 2.08 bits per heavy atom. The SMILES string of the molecule is CC(C)(CCCCCCc1ccccc1CCCCCCC1(C(=O)CCNC(=O)CCNC(=O)C(O)C(C)(C)COP(=O)(O)OP(=O)(O)OCC2OC(n3cnc4c(N)ncnc43)C(O)C2OP(=O)(O)O)CC1)C(=O)O. The zero-order valence-electron chi connectivity index (χ0n) is 43.2. The number of hydrogen-bond donors (Lipinski definition) is 10. The van der Waals surface area contributed by atoms with E-state index in [1.165, 1.54) is 25.0 Å². The van der Waals surface area contributed by atoms with Crippen molar-refractivity contribution in [3.05, 3.63) is 48.0 Å². The lowest BCUT2D eigenvalue weighted by molar-refractivity contribution is -0.147. The van der Waals surface area contributed by atoms with Crippen LogP contribution in [0.3, 0.4) is 0 Å². The number of aromatic nitrogens is 4. The number of aliphatic hydroxyl groups excluding tert-OH is 2. The highest BCUT2D eigenvalue weighted by atomic mass is 31.3. The average molecular weight is 1130 g/mol. The van der Waals surface area contributed by atoms with Gasteiger partial charge in [-0.15, -0.1) is 0 Å². The molecule has 2 aliphatic rings. The Morgan fingerprint density at radius 1 is 0.855 bits per heavy atom. The Hall–Kier alpha value is -4.10. The molecule has 5 rings (SSSR count). The third-order valence-corrected chi connectivity index (χ3v) is 16.8. The predicted octanol–water partition coefficient (Wildman–Crippen LogP) is 4.94. The number of nitrogens with two attached hydrogens (primary N) is 1. The molecule has 29 heteroatoms. The van der Waals surface area contributed by atoms with Gasteiger partial charge in [0.2, 0.25) is 11.8 Å². The van der Waals surface area contributed by atoms with Crippen molar-refractivity contribution in [2.45, 2.75) is 161 Å². The number of nitrogens with one attached hydrogen (secondary N) is 2. The van der Waals surface area contributed by atoms with Gasteiger partial charge in [-0.05, 0) is 76.3 Å². The van der Waals surface area contributed by atoms with Crippen molar-refractivity contribution >= 4 is 64.0 Å². The number of Topliss-reactive ketones (excluding diaryl/α,β-unsaturated/α-hetero) is 1. The lowest BCUT2D eigenvalue weighted by Crippen LogP contribution is -2.46. The molecule has 0 bridgehead atoms. The summed E-state index contributed by atoms with van der Waals surface area (Å²) in [6, 6.07) is 8.54. The van der Waals surface area contributed by atoms with Crippen LogP contribution in [0.1, 0.15) is 135 Å². The van der Waals surface area contributed by atoms with Gasteiger partial charge in [0.05, 0.1) is 25.0 Å². The molecule has 2 aromatic heterocycles. The number of ether oxygens (including phenoxy) is 1. The van der Waals surface area contributed by atoms with E-state index in [1.807, 2.05) is 0 Å². The van der Waals surface area contributed by atoms with Crippen LogP contribution in [0.25, 0.3) is 11.2 Å². The maximum absolute atomic E-state index is 13.2. The lowest BCUT2D eigenvalue weighted by Gasteiger charge is -2.30. The first-order valence-electron chi connectivity index (χ1n) is 25.3. The fourth-order valence-electron chi connectivity index (χ4n) is 8.86. The molecule has 1 saturated heterocycles. The van der Waals surface area contributed by atoms with Crippen molar-refractivity contribution in [1.82, 2.24) is 30.2 Å². The highest BCUT2D eigenvalue weighted by Crippen LogP contribution is 2.61. The van der Waals surface area contributed by atoms with Crippen LogP contribution in [0.4, 0.5) is 5.82 Å². The fraction of sp³-hybridized carbons (Fsp3) is 0.681. The van der Waals surface area contributed by atoms with E-state index < -0.39 is 95.9 Å². The summed E-state index contributed by atoms with van der Waals surface area (Å²) in [7, 11) is -16.5. The Labute approximate surface area is 440 Å². The molecule has 26 nitrogen and oxygen atoms in total. The number of carboxylic acids is 1. The third kappa shape index (κ3) is 18.8. The van der Waals surface area contributed by atoms with Crippen molar-refractivity contribution in [3.63, 3.8) is 0 Å². The normalized spacial score (nSPS) is 20.7. The number of ketones is 1. The molecule has 3 aromatic rings. The quantitative estimate of drug-likeness (QED) is 0.0275. The van der Waals surface area contributed by atoms with Gasteiger partial charge >= 0.3 is 29.4 Å². The number of unbranched alkanes of at least 4 members (excludes halogenated alkanes) is 6. The summed E-state index contributed by atoms with van der Waals surface area (Å²) in [5.41, 5.74) is 5.97. The number of phosphoric ester groups is 3. The number of aliphatic carboxylic acids is 1. The number of fused-ring (bicyclic) bond motifs is 1. The smallest absolute Gasteiger partial charge is 0.481 e. The topological polar surface area (TPSA) is 401 Å². The number of nitrogen functional groups attached to an aromatic ring is 1. The summed E-state index contributed by atoms with van der Waals surface area (Å²) in [6.07, 6.45) is 6.45. The standard InChI is InChI=1S/C47H74N7O19P3/c1-45(2,44(60)61)21-13-7-5-9-15-31-17-11-12-18-32(31)16-10-6-8-14-22-47(23-24-47)34(55)19-25-49-35(56)20-26-50-42(59)39(58)46(3,4)28-70-76(67,68)73-75(65,66)69-27-33-38(72-74(62,63)64)37(57)43(71-33)54-30-53-36-40(48)51-29-52-41(36)54/h11-12,17-18,29-30,33,37-39,43,57-58H,5-10,13-16,19-28H2,1-4H3,(H,49,56)(H,50,59)(H,60,61)(H,65,66)(H,67,68)(H2,48,51,52)(H2,62,63,64). The number of carboxylic acid groups (broad SMARTS) is 1. The Kier molecular flexibility index (Phi) is 22.4. The number of phosphoric acid groups is 3. The van der Waals surface area contributed by atoms with Crippen molar-refractivity contribution in [3.8, 4) is 0 Å². The summed E-state index contributed by atoms with van der Waals surface area (Å²) >= 11 is 0. The lowest BCUT2D eigenvalue weighted by atomic mass is 9.87. The van der Waals surface area contributed by atoms with Gasteiger partial charge in [0.1, 0.15) is 42.0 Å². The zero-order valence-corrected chi connectivity index (χ0v) is 45.9. The van der Waals surface area contributed by atoms with Crippen LogP contribution in [0, 0.1) is 16.2 Å². The second-order valence-corrected chi connectivity index (χ2v) is 25.0. The predicted molar refractivity (Wildman–Crippen MR) is 272 cm³/mol. The minimum atomic E-state index is -5.60. The maximum Gasteiger partial charge on any atom is 0.481 e. The molecular formula is C47H74N7O19P3. The summed E-state index contributed by atoms with van der Waals surface area (Å²) in [6.45, 7) is 3.94. The van der Waals surface area contributed by atoms with Crippen LogP contribution >= 0.6 is 23.5 Å². The number of carbonyl (C=O) groups is 4. The number of imidazole rings is 1. The molecular weight excluding hydrogens is 1060 g/mol. The first kappa shape index (κ1) is 62.7. The van der Waals surface area contributed by atoms with Crippen molar-refractivity contribution in [2.75, 3.05) is 32.0 Å². The van der Waals surface area contributed by atoms with Gasteiger partial charge in [0, 0.05) is 36.8 Å². The van der Waals surface area contributed by atoms with E-state index >= 15 is 0 Å². The number of benzene rings is 1. The van der Waals surface area contributed by atoms with E-state index in [2.05, 4.69) is 58.7 Å². The molecule has 1 aromatic carbocycles. The molecule has 2 amide bonds. The van der Waals surface area contributed by atoms with Gasteiger partial charge in [-0.3, -0.25) is 37.3 Å². The molecule has 3 heterocycles. The molecule has 7 unspecified atom stereocenters. The maximum atomic E-state index is 13.2. The second-order valence-electron chi connectivity index (χ2n) is 20.8. The van der Waals surface area contributed by atoms with Crippen LogP contribution in [-0.2, 0) is 68.3 Å². The van der Waals surface area contributed by atoms with Gasteiger partial charge in [0.25, 0.3) is 0 Å². The van der Waals surface area contributed by atoms with Gasteiger partial charge in [-0.1, -0.05) is 76.6 Å².